The molecule has 2 aromatic rings. The molecule has 6 heteroatoms. The van der Waals surface area contributed by atoms with E-state index in [9.17, 15) is 10.1 Å². The largest absolute Gasteiger partial charge is 0.327 e. The molecule has 0 fully saturated rings. The first-order valence-electron chi connectivity index (χ1n) is 5.75. The molecule has 0 radical (unpaired) electrons. The van der Waals surface area contributed by atoms with Gasteiger partial charge in [0.05, 0.1) is 15.1 Å². The highest BCUT2D eigenvalue weighted by Gasteiger charge is 2.22. The lowest BCUT2D eigenvalue weighted by molar-refractivity contribution is -0.383. The molecule has 2 rings (SSSR count). The minimum absolute atomic E-state index is 0.0835. The van der Waals surface area contributed by atoms with Gasteiger partial charge in [0.15, 0.2) is 5.52 Å². The lowest BCUT2D eigenvalue weighted by Gasteiger charge is -2.15. The van der Waals surface area contributed by atoms with Crippen LogP contribution in [0, 0.1) is 16.0 Å². The fourth-order valence-corrected chi connectivity index (χ4v) is 2.50. The first-order valence-corrected chi connectivity index (χ1v) is 6.63. The summed E-state index contributed by atoms with van der Waals surface area (Å²) in [7, 11) is 0. The summed E-state index contributed by atoms with van der Waals surface area (Å²) in [6, 6.07) is 3.59. The summed E-state index contributed by atoms with van der Waals surface area (Å²) < 4.78 is 0.837. The van der Waals surface area contributed by atoms with E-state index in [4.69, 9.17) is 5.73 Å². The van der Waals surface area contributed by atoms with Gasteiger partial charge in [-0.15, -0.1) is 11.3 Å². The summed E-state index contributed by atoms with van der Waals surface area (Å²) in [6.07, 6.45) is 0.501. The van der Waals surface area contributed by atoms with Crippen LogP contribution in [-0.4, -0.2) is 15.9 Å². The van der Waals surface area contributed by atoms with Crippen LogP contribution in [0.3, 0.4) is 0 Å². The average molecular weight is 265 g/mol. The number of hydrogen-bond acceptors (Lipinski definition) is 5. The summed E-state index contributed by atoms with van der Waals surface area (Å²) in [5, 5.41) is 11.2. The van der Waals surface area contributed by atoms with Crippen LogP contribution in [0.2, 0.25) is 0 Å². The quantitative estimate of drug-likeness (QED) is 0.680. The Morgan fingerprint density at radius 2 is 2.22 bits per heavy atom. The minimum Gasteiger partial charge on any atom is -0.327 e. The van der Waals surface area contributed by atoms with Crippen molar-refractivity contribution in [2.75, 3.05) is 0 Å². The summed E-state index contributed by atoms with van der Waals surface area (Å²) >= 11 is 1.41. The van der Waals surface area contributed by atoms with Crippen LogP contribution in [0.4, 0.5) is 5.69 Å². The zero-order chi connectivity index (χ0) is 13.3. The Balaban J connectivity index is 2.49. The van der Waals surface area contributed by atoms with Crippen LogP contribution in [0.1, 0.15) is 19.4 Å². The minimum atomic E-state index is -0.357. The molecule has 0 aliphatic rings. The van der Waals surface area contributed by atoms with Gasteiger partial charge in [0.1, 0.15) is 0 Å². The molecule has 5 nitrogen and oxygen atoms in total. The van der Waals surface area contributed by atoms with Crippen molar-refractivity contribution in [1.82, 2.24) is 4.98 Å². The Kier molecular flexibility index (Phi) is 3.58. The molecule has 0 bridgehead atoms. The van der Waals surface area contributed by atoms with Gasteiger partial charge in [-0.2, -0.15) is 0 Å². The van der Waals surface area contributed by atoms with Crippen molar-refractivity contribution in [1.29, 1.82) is 0 Å². The maximum atomic E-state index is 11.2. The molecule has 1 atom stereocenters. The molecular weight excluding hydrogens is 250 g/mol. The molecule has 0 aliphatic carbocycles. The highest BCUT2D eigenvalue weighted by molar-refractivity contribution is 7.16. The number of thiazole rings is 1. The third-order valence-corrected chi connectivity index (χ3v) is 3.85. The third-order valence-electron chi connectivity index (χ3n) is 3.05. The van der Waals surface area contributed by atoms with Crippen LogP contribution in [0.25, 0.3) is 10.2 Å². The van der Waals surface area contributed by atoms with Crippen molar-refractivity contribution in [3.05, 3.63) is 33.3 Å². The van der Waals surface area contributed by atoms with Gasteiger partial charge in [-0.3, -0.25) is 10.1 Å². The number of nitro benzene ring substituents is 1. The first kappa shape index (κ1) is 12.9. The number of hydrogen-bond donors (Lipinski definition) is 1. The summed E-state index contributed by atoms with van der Waals surface area (Å²) in [4.78, 5) is 14.9. The van der Waals surface area contributed by atoms with E-state index in [1.54, 1.807) is 11.6 Å². The van der Waals surface area contributed by atoms with E-state index >= 15 is 0 Å². The molecule has 2 N–H and O–H groups in total. The predicted octanol–water partition coefficient (Wildman–Crippen LogP) is 2.73. The standard InChI is InChI=1S/C12H15N3O2S/c1-7(2)9(13)5-8-3-4-10-11(14-6-18-10)12(8)15(16)17/h3-4,6-7,9H,5,13H2,1-2H3. The second kappa shape index (κ2) is 4.99. The maximum Gasteiger partial charge on any atom is 0.299 e. The number of nitro groups is 1. The van der Waals surface area contributed by atoms with Gasteiger partial charge < -0.3 is 5.73 Å². The van der Waals surface area contributed by atoms with Crippen LogP contribution < -0.4 is 5.73 Å². The molecule has 0 saturated heterocycles. The first-order chi connectivity index (χ1) is 8.50. The molecule has 1 aromatic carbocycles. The fraction of sp³-hybridized carbons (Fsp3) is 0.417. The molecule has 0 saturated carbocycles. The Hall–Kier alpha value is -1.53. The second-order valence-corrected chi connectivity index (χ2v) is 5.53. The molecule has 1 aromatic heterocycles. The van der Waals surface area contributed by atoms with Gasteiger partial charge in [0.25, 0.3) is 5.69 Å². The predicted molar refractivity (Wildman–Crippen MR) is 72.8 cm³/mol. The molecule has 1 heterocycles. The monoisotopic (exact) mass is 265 g/mol. The SMILES string of the molecule is CC(C)C(N)Cc1ccc2scnc2c1[N+](=O)[O-]. The topological polar surface area (TPSA) is 82.0 Å². The summed E-state index contributed by atoms with van der Waals surface area (Å²) in [5.41, 5.74) is 8.86. The molecule has 1 unspecified atom stereocenters. The lowest BCUT2D eigenvalue weighted by Crippen LogP contribution is -2.29. The van der Waals surface area contributed by atoms with Crippen molar-refractivity contribution in [2.24, 2.45) is 11.7 Å². The van der Waals surface area contributed by atoms with E-state index < -0.39 is 0 Å². The molecule has 0 spiro atoms. The van der Waals surface area contributed by atoms with Gasteiger partial charge >= 0.3 is 0 Å². The lowest BCUT2D eigenvalue weighted by atomic mass is 9.96. The normalized spacial score (nSPS) is 13.1. The Labute approximate surface area is 109 Å². The second-order valence-electron chi connectivity index (χ2n) is 4.64. The van der Waals surface area contributed by atoms with Crippen LogP contribution >= 0.6 is 11.3 Å². The van der Waals surface area contributed by atoms with Crippen molar-refractivity contribution in [3.63, 3.8) is 0 Å². The van der Waals surface area contributed by atoms with Crippen molar-refractivity contribution < 1.29 is 4.92 Å². The molecule has 0 aliphatic heterocycles. The highest BCUT2D eigenvalue weighted by atomic mass is 32.1. The summed E-state index contributed by atoms with van der Waals surface area (Å²) in [6.45, 7) is 4.02. The van der Waals surface area contributed by atoms with E-state index in [-0.39, 0.29) is 22.6 Å². The zero-order valence-corrected chi connectivity index (χ0v) is 11.1. The zero-order valence-electron chi connectivity index (χ0n) is 10.3. The van der Waals surface area contributed by atoms with Crippen molar-refractivity contribution >= 4 is 27.2 Å². The van der Waals surface area contributed by atoms with E-state index in [0.29, 0.717) is 17.5 Å². The average Bonchev–Trinajstić information content (AvgIpc) is 2.75. The fourth-order valence-electron chi connectivity index (χ4n) is 1.82. The van der Waals surface area contributed by atoms with Gasteiger partial charge in [0, 0.05) is 11.6 Å². The van der Waals surface area contributed by atoms with Crippen LogP contribution in [0.5, 0.6) is 0 Å². The van der Waals surface area contributed by atoms with E-state index in [1.165, 1.54) is 11.3 Å². The van der Waals surface area contributed by atoms with Crippen molar-refractivity contribution in [2.45, 2.75) is 26.3 Å². The van der Waals surface area contributed by atoms with Crippen LogP contribution in [0.15, 0.2) is 17.6 Å². The van der Waals surface area contributed by atoms with E-state index in [1.807, 2.05) is 19.9 Å². The third kappa shape index (κ3) is 2.34. The highest BCUT2D eigenvalue weighted by Crippen LogP contribution is 2.31. The molecular formula is C12H15N3O2S. The Morgan fingerprint density at radius 1 is 1.50 bits per heavy atom. The number of nitrogens with two attached hydrogens (primary N) is 1. The van der Waals surface area contributed by atoms with E-state index in [0.717, 1.165) is 4.70 Å². The smallest absolute Gasteiger partial charge is 0.299 e. The molecule has 18 heavy (non-hydrogen) atoms. The number of rotatable bonds is 4. The molecule has 96 valence electrons. The van der Waals surface area contributed by atoms with E-state index in [2.05, 4.69) is 4.98 Å². The number of benzene rings is 1. The van der Waals surface area contributed by atoms with Gasteiger partial charge in [-0.25, -0.2) is 4.98 Å². The number of fused-ring (bicyclic) bond motifs is 1. The maximum absolute atomic E-state index is 11.2. The molecule has 0 amide bonds. The Bertz CT molecular complexity index is 580. The van der Waals surface area contributed by atoms with Gasteiger partial charge in [-0.05, 0) is 18.4 Å². The van der Waals surface area contributed by atoms with Gasteiger partial charge in [0.2, 0.25) is 0 Å². The number of nitrogens with zero attached hydrogens (tertiary/aromatic N) is 2. The van der Waals surface area contributed by atoms with Gasteiger partial charge in [-0.1, -0.05) is 19.9 Å². The number of aromatic nitrogens is 1. The Morgan fingerprint density at radius 3 is 2.83 bits per heavy atom. The summed E-state index contributed by atoms with van der Waals surface area (Å²) in [5.74, 6) is 0.288. The van der Waals surface area contributed by atoms with Crippen LogP contribution in [-0.2, 0) is 6.42 Å². The van der Waals surface area contributed by atoms with Crippen molar-refractivity contribution in [3.8, 4) is 0 Å².